The quantitative estimate of drug-likeness (QED) is 0.691. The van der Waals surface area contributed by atoms with E-state index in [0.717, 1.165) is 12.8 Å². The SMILES string of the molecule is NC(=O)c1ccc(NC(=O)CNC2CC2)cc1. The van der Waals surface area contributed by atoms with Crippen molar-refractivity contribution in [1.82, 2.24) is 5.32 Å². The summed E-state index contributed by atoms with van der Waals surface area (Å²) in [5.74, 6) is -0.554. The maximum atomic E-state index is 11.5. The average Bonchev–Trinajstić information content (AvgIpc) is 3.11. The van der Waals surface area contributed by atoms with Gasteiger partial charge in [-0.05, 0) is 37.1 Å². The number of benzene rings is 1. The van der Waals surface area contributed by atoms with Crippen LogP contribution >= 0.6 is 0 Å². The lowest BCUT2D eigenvalue weighted by Crippen LogP contribution is -2.29. The van der Waals surface area contributed by atoms with Crippen LogP contribution in [0.25, 0.3) is 0 Å². The molecule has 5 nitrogen and oxygen atoms in total. The summed E-state index contributed by atoms with van der Waals surface area (Å²) in [6.07, 6.45) is 2.31. The van der Waals surface area contributed by atoms with Crippen molar-refractivity contribution in [2.45, 2.75) is 18.9 Å². The summed E-state index contributed by atoms with van der Waals surface area (Å²) < 4.78 is 0. The van der Waals surface area contributed by atoms with E-state index in [2.05, 4.69) is 10.6 Å². The van der Waals surface area contributed by atoms with Crippen molar-refractivity contribution < 1.29 is 9.59 Å². The number of primary amides is 1. The van der Waals surface area contributed by atoms with Gasteiger partial charge in [-0.15, -0.1) is 0 Å². The summed E-state index contributed by atoms with van der Waals surface area (Å²) in [5.41, 5.74) is 6.21. The molecule has 17 heavy (non-hydrogen) atoms. The van der Waals surface area contributed by atoms with Crippen LogP contribution in [-0.4, -0.2) is 24.4 Å². The van der Waals surface area contributed by atoms with Crippen LogP contribution in [0.15, 0.2) is 24.3 Å². The topological polar surface area (TPSA) is 84.2 Å². The van der Waals surface area contributed by atoms with Gasteiger partial charge in [0.1, 0.15) is 0 Å². The Morgan fingerprint density at radius 1 is 1.24 bits per heavy atom. The minimum atomic E-state index is -0.474. The van der Waals surface area contributed by atoms with E-state index < -0.39 is 5.91 Å². The van der Waals surface area contributed by atoms with Crippen molar-refractivity contribution in [2.75, 3.05) is 11.9 Å². The van der Waals surface area contributed by atoms with Gasteiger partial charge in [-0.3, -0.25) is 9.59 Å². The van der Waals surface area contributed by atoms with Gasteiger partial charge in [-0.2, -0.15) is 0 Å². The van der Waals surface area contributed by atoms with E-state index in [9.17, 15) is 9.59 Å². The van der Waals surface area contributed by atoms with Crippen molar-refractivity contribution >= 4 is 17.5 Å². The summed E-state index contributed by atoms with van der Waals surface area (Å²) in [6, 6.07) is 7.01. The smallest absolute Gasteiger partial charge is 0.248 e. The molecule has 1 aromatic rings. The van der Waals surface area contributed by atoms with Crippen LogP contribution in [0, 0.1) is 0 Å². The number of carbonyl (C=O) groups excluding carboxylic acids is 2. The maximum absolute atomic E-state index is 11.5. The monoisotopic (exact) mass is 233 g/mol. The van der Waals surface area contributed by atoms with E-state index in [4.69, 9.17) is 5.73 Å². The normalized spacial score (nSPS) is 14.4. The second kappa shape index (κ2) is 4.97. The van der Waals surface area contributed by atoms with Crippen LogP contribution in [0.1, 0.15) is 23.2 Å². The maximum Gasteiger partial charge on any atom is 0.248 e. The molecule has 0 aliphatic heterocycles. The van der Waals surface area contributed by atoms with Gasteiger partial charge in [0.05, 0.1) is 6.54 Å². The van der Waals surface area contributed by atoms with Crippen LogP contribution < -0.4 is 16.4 Å². The highest BCUT2D eigenvalue weighted by Gasteiger charge is 2.21. The first-order valence-corrected chi connectivity index (χ1v) is 5.58. The van der Waals surface area contributed by atoms with Crippen LogP contribution in [0.4, 0.5) is 5.69 Å². The molecule has 0 aromatic heterocycles. The Hall–Kier alpha value is -1.88. The lowest BCUT2D eigenvalue weighted by molar-refractivity contribution is -0.115. The van der Waals surface area contributed by atoms with E-state index in [-0.39, 0.29) is 5.91 Å². The lowest BCUT2D eigenvalue weighted by atomic mass is 10.2. The van der Waals surface area contributed by atoms with Gasteiger partial charge in [0, 0.05) is 17.3 Å². The number of anilines is 1. The molecule has 0 bridgehead atoms. The number of hydrogen-bond acceptors (Lipinski definition) is 3. The van der Waals surface area contributed by atoms with Gasteiger partial charge in [0.25, 0.3) is 0 Å². The molecule has 0 unspecified atom stereocenters. The number of amides is 2. The molecule has 1 fully saturated rings. The van der Waals surface area contributed by atoms with Crippen molar-refractivity contribution in [3.8, 4) is 0 Å². The predicted octanol–water partition coefficient (Wildman–Crippen LogP) is 0.476. The molecular formula is C12H15N3O2. The molecule has 1 aliphatic carbocycles. The zero-order valence-corrected chi connectivity index (χ0v) is 9.40. The van der Waals surface area contributed by atoms with Crippen LogP contribution in [0.5, 0.6) is 0 Å². The fourth-order valence-corrected chi connectivity index (χ4v) is 1.45. The molecule has 0 saturated heterocycles. The Kier molecular flexibility index (Phi) is 3.39. The summed E-state index contributed by atoms with van der Waals surface area (Å²) >= 11 is 0. The average molecular weight is 233 g/mol. The Morgan fingerprint density at radius 3 is 2.41 bits per heavy atom. The van der Waals surface area contributed by atoms with Gasteiger partial charge in [0.2, 0.25) is 11.8 Å². The third-order valence-electron chi connectivity index (χ3n) is 2.58. The largest absolute Gasteiger partial charge is 0.366 e. The number of rotatable bonds is 5. The first-order valence-electron chi connectivity index (χ1n) is 5.58. The first-order chi connectivity index (χ1) is 8.15. The van der Waals surface area contributed by atoms with Gasteiger partial charge in [0.15, 0.2) is 0 Å². The third kappa shape index (κ3) is 3.57. The molecular weight excluding hydrogens is 218 g/mol. The highest BCUT2D eigenvalue weighted by Crippen LogP contribution is 2.18. The molecule has 2 rings (SSSR count). The highest BCUT2D eigenvalue weighted by atomic mass is 16.2. The van der Waals surface area contributed by atoms with Gasteiger partial charge in [-0.25, -0.2) is 0 Å². The third-order valence-corrected chi connectivity index (χ3v) is 2.58. The standard InChI is InChI=1S/C12H15N3O2/c13-12(17)8-1-3-10(4-2-8)15-11(16)7-14-9-5-6-9/h1-4,9,14H,5-7H2,(H2,13,17)(H,15,16). The van der Waals surface area contributed by atoms with Crippen molar-refractivity contribution in [3.05, 3.63) is 29.8 Å². The van der Waals surface area contributed by atoms with Crippen LogP contribution in [-0.2, 0) is 4.79 Å². The van der Waals surface area contributed by atoms with Gasteiger partial charge < -0.3 is 16.4 Å². The molecule has 1 saturated carbocycles. The fraction of sp³-hybridized carbons (Fsp3) is 0.333. The number of carbonyl (C=O) groups is 2. The Bertz CT molecular complexity index is 424. The molecule has 4 N–H and O–H groups in total. The van der Waals surface area contributed by atoms with E-state index in [1.807, 2.05) is 0 Å². The van der Waals surface area contributed by atoms with E-state index in [0.29, 0.717) is 23.8 Å². The molecule has 0 radical (unpaired) electrons. The summed E-state index contributed by atoms with van der Waals surface area (Å²) in [6.45, 7) is 0.322. The number of hydrogen-bond donors (Lipinski definition) is 3. The Labute approximate surface area is 99.4 Å². The molecule has 90 valence electrons. The van der Waals surface area contributed by atoms with Gasteiger partial charge in [-0.1, -0.05) is 0 Å². The summed E-state index contributed by atoms with van der Waals surface area (Å²) in [4.78, 5) is 22.3. The van der Waals surface area contributed by atoms with Crippen LogP contribution in [0.2, 0.25) is 0 Å². The minimum absolute atomic E-state index is 0.0799. The molecule has 2 amide bonds. The number of nitrogens with two attached hydrogens (primary N) is 1. The zero-order chi connectivity index (χ0) is 12.3. The highest BCUT2D eigenvalue weighted by molar-refractivity contribution is 5.95. The fourth-order valence-electron chi connectivity index (χ4n) is 1.45. The summed E-state index contributed by atoms with van der Waals surface area (Å²) in [7, 11) is 0. The van der Waals surface area contributed by atoms with Crippen LogP contribution in [0.3, 0.4) is 0 Å². The molecule has 0 atom stereocenters. The molecule has 5 heteroatoms. The Balaban J connectivity index is 1.84. The van der Waals surface area contributed by atoms with Crippen molar-refractivity contribution in [3.63, 3.8) is 0 Å². The second-order valence-corrected chi connectivity index (χ2v) is 4.14. The lowest BCUT2D eigenvalue weighted by Gasteiger charge is -2.06. The van der Waals surface area contributed by atoms with E-state index in [1.54, 1.807) is 24.3 Å². The molecule has 1 aromatic carbocycles. The van der Waals surface area contributed by atoms with Crippen molar-refractivity contribution in [2.24, 2.45) is 5.73 Å². The molecule has 0 spiro atoms. The predicted molar refractivity (Wildman–Crippen MR) is 64.6 cm³/mol. The number of nitrogens with one attached hydrogen (secondary N) is 2. The molecule has 1 aliphatic rings. The van der Waals surface area contributed by atoms with Crippen molar-refractivity contribution in [1.29, 1.82) is 0 Å². The Morgan fingerprint density at radius 2 is 1.88 bits per heavy atom. The minimum Gasteiger partial charge on any atom is -0.366 e. The first kappa shape index (κ1) is 11.6. The zero-order valence-electron chi connectivity index (χ0n) is 9.40. The van der Waals surface area contributed by atoms with E-state index >= 15 is 0 Å². The summed E-state index contributed by atoms with van der Waals surface area (Å²) in [5, 5.41) is 5.86. The van der Waals surface area contributed by atoms with Gasteiger partial charge >= 0.3 is 0 Å². The molecule has 0 heterocycles. The van der Waals surface area contributed by atoms with E-state index in [1.165, 1.54) is 0 Å². The second-order valence-electron chi connectivity index (χ2n) is 4.14.